The molecule has 0 fully saturated rings. The molecule has 5 heterocycles. The minimum atomic E-state index is -2.29. The van der Waals surface area contributed by atoms with Crippen molar-refractivity contribution >= 4 is 16.6 Å². The summed E-state index contributed by atoms with van der Waals surface area (Å²) in [5.41, 5.74) is 4.18. The molecule has 0 spiro atoms. The first-order valence-electron chi connectivity index (χ1n) is 7.91. The molecule has 0 atom stereocenters. The average molecular weight is 265 g/mol. The fraction of sp³-hybridized carbons (Fsp3) is 0.133. The van der Waals surface area contributed by atoms with Crippen molar-refractivity contribution in [3.05, 3.63) is 48.4 Å². The Bertz CT molecular complexity index is 1090. The van der Waals surface area contributed by atoms with Crippen LogP contribution >= 0.6 is 0 Å². The van der Waals surface area contributed by atoms with Crippen molar-refractivity contribution in [2.75, 3.05) is 0 Å². The molecule has 0 saturated carbocycles. The summed E-state index contributed by atoms with van der Waals surface area (Å²) in [5, 5.41) is 4.28. The van der Waals surface area contributed by atoms with Gasteiger partial charge in [0, 0.05) is 18.0 Å². The standard InChI is InChI=1S/C15H12N5/c1-18-12-9-20-11(5-3-7-17-20)14(12)19-8-10-4-2-6-16-13(10)15(18)19/h2-7,9H,8H2,1H3/q+1/i1D3. The Morgan fingerprint density at radius 1 is 1.25 bits per heavy atom. The van der Waals surface area contributed by atoms with Crippen LogP contribution in [0, 0.1) is 0 Å². The summed E-state index contributed by atoms with van der Waals surface area (Å²) >= 11 is 0. The Hall–Kier alpha value is -2.69. The van der Waals surface area contributed by atoms with Gasteiger partial charge < -0.3 is 0 Å². The third kappa shape index (κ3) is 1.02. The zero-order valence-corrected chi connectivity index (χ0v) is 10.5. The Morgan fingerprint density at radius 3 is 3.15 bits per heavy atom. The number of pyridine rings is 1. The van der Waals surface area contributed by atoms with Gasteiger partial charge >= 0.3 is 5.82 Å². The van der Waals surface area contributed by atoms with E-state index in [1.807, 2.05) is 28.8 Å². The molecule has 20 heavy (non-hydrogen) atoms. The number of rotatable bonds is 0. The number of fused-ring (bicyclic) bond motifs is 7. The van der Waals surface area contributed by atoms with E-state index in [9.17, 15) is 0 Å². The van der Waals surface area contributed by atoms with Gasteiger partial charge in [0.1, 0.15) is 12.1 Å². The fourth-order valence-electron chi connectivity index (χ4n) is 3.09. The topological polar surface area (TPSA) is 39.0 Å². The number of imidazole rings is 1. The van der Waals surface area contributed by atoms with E-state index in [-0.39, 0.29) is 0 Å². The highest BCUT2D eigenvalue weighted by molar-refractivity contribution is 5.91. The molecule has 0 unspecified atom stereocenters. The minimum Gasteiger partial charge on any atom is -0.248 e. The zero-order chi connectivity index (χ0) is 15.8. The van der Waals surface area contributed by atoms with Gasteiger partial charge in [0.2, 0.25) is 5.52 Å². The summed E-state index contributed by atoms with van der Waals surface area (Å²) in [6, 6.07) is 7.67. The molecule has 4 aromatic rings. The van der Waals surface area contributed by atoms with Crippen molar-refractivity contribution in [1.82, 2.24) is 19.2 Å². The second-order valence-electron chi connectivity index (χ2n) is 4.97. The number of aryl methyl sites for hydroxylation is 1. The quantitative estimate of drug-likeness (QED) is 0.398. The zero-order valence-electron chi connectivity index (χ0n) is 13.5. The molecule has 5 nitrogen and oxygen atoms in total. The van der Waals surface area contributed by atoms with Crippen molar-refractivity contribution in [3.8, 4) is 11.5 Å². The van der Waals surface area contributed by atoms with Crippen LogP contribution in [-0.4, -0.2) is 19.2 Å². The van der Waals surface area contributed by atoms with Gasteiger partial charge in [0.25, 0.3) is 0 Å². The van der Waals surface area contributed by atoms with Crippen LogP contribution in [0.25, 0.3) is 28.1 Å². The lowest BCUT2D eigenvalue weighted by Gasteiger charge is -1.93. The second kappa shape index (κ2) is 3.25. The second-order valence-corrected chi connectivity index (χ2v) is 4.97. The number of hydrogen-bond acceptors (Lipinski definition) is 2. The number of aromatic nitrogens is 5. The van der Waals surface area contributed by atoms with Gasteiger partial charge in [-0.25, -0.2) is 18.6 Å². The van der Waals surface area contributed by atoms with E-state index in [4.69, 9.17) is 4.11 Å². The maximum absolute atomic E-state index is 7.98. The number of nitrogens with zero attached hydrogens (tertiary/aromatic N) is 5. The van der Waals surface area contributed by atoms with Crippen molar-refractivity contribution in [2.24, 2.45) is 6.98 Å². The van der Waals surface area contributed by atoms with Crippen LogP contribution < -0.4 is 4.57 Å². The molecule has 0 aliphatic carbocycles. The lowest BCUT2D eigenvalue weighted by atomic mass is 10.2. The Labute approximate surface area is 118 Å². The maximum Gasteiger partial charge on any atom is 0.309 e. The van der Waals surface area contributed by atoms with E-state index < -0.39 is 6.98 Å². The summed E-state index contributed by atoms with van der Waals surface area (Å²) in [6.45, 7) is -1.67. The van der Waals surface area contributed by atoms with E-state index in [1.165, 1.54) is 4.57 Å². The van der Waals surface area contributed by atoms with Gasteiger partial charge in [0.05, 0.1) is 17.3 Å². The average Bonchev–Trinajstić information content (AvgIpc) is 3.12. The van der Waals surface area contributed by atoms with Crippen LogP contribution in [0.2, 0.25) is 0 Å². The molecular formula is C15H12N5+. The third-order valence-electron chi connectivity index (χ3n) is 3.92. The lowest BCUT2D eigenvalue weighted by Crippen LogP contribution is -2.31. The Kier molecular flexibility index (Phi) is 1.27. The van der Waals surface area contributed by atoms with E-state index in [0.717, 1.165) is 22.3 Å². The van der Waals surface area contributed by atoms with Crippen molar-refractivity contribution < 1.29 is 8.68 Å². The first kappa shape index (κ1) is 7.79. The van der Waals surface area contributed by atoms with Crippen molar-refractivity contribution in [1.29, 1.82) is 0 Å². The molecule has 0 bridgehead atoms. The minimum absolute atomic E-state index is 0.618. The molecule has 5 rings (SSSR count). The van der Waals surface area contributed by atoms with Crippen LogP contribution in [0.3, 0.4) is 0 Å². The molecule has 1 aliphatic rings. The van der Waals surface area contributed by atoms with Gasteiger partial charge in [-0.05, 0) is 18.2 Å². The molecule has 0 aromatic carbocycles. The predicted octanol–water partition coefficient (Wildman–Crippen LogP) is 1.54. The van der Waals surface area contributed by atoms with Gasteiger partial charge in [-0.1, -0.05) is 6.07 Å². The first-order chi connectivity index (χ1) is 11.1. The third-order valence-corrected chi connectivity index (χ3v) is 3.92. The molecule has 4 aromatic heterocycles. The summed E-state index contributed by atoms with van der Waals surface area (Å²) in [7, 11) is 0. The summed E-state index contributed by atoms with van der Waals surface area (Å²) in [6.07, 6.45) is 5.15. The molecule has 0 amide bonds. The smallest absolute Gasteiger partial charge is 0.248 e. The van der Waals surface area contributed by atoms with Crippen LogP contribution in [0.15, 0.2) is 42.9 Å². The highest BCUT2D eigenvalue weighted by atomic mass is 15.3. The van der Waals surface area contributed by atoms with Crippen LogP contribution in [0.5, 0.6) is 0 Å². The molecule has 0 radical (unpaired) electrons. The van der Waals surface area contributed by atoms with Crippen molar-refractivity contribution in [2.45, 2.75) is 6.54 Å². The SMILES string of the molecule is [2H]C([2H])([2H])n1c2[n+](c3c1cn1ncccc31)Cc1cccnc1-2. The largest absolute Gasteiger partial charge is 0.309 e. The lowest BCUT2D eigenvalue weighted by molar-refractivity contribution is -0.645. The van der Waals surface area contributed by atoms with Crippen LogP contribution in [-0.2, 0) is 13.5 Å². The highest BCUT2D eigenvalue weighted by Gasteiger charge is 2.35. The highest BCUT2D eigenvalue weighted by Crippen LogP contribution is 2.30. The first-order valence-corrected chi connectivity index (χ1v) is 6.41. The van der Waals surface area contributed by atoms with Crippen molar-refractivity contribution in [3.63, 3.8) is 0 Å². The van der Waals surface area contributed by atoms with Gasteiger partial charge in [0.15, 0.2) is 11.2 Å². The van der Waals surface area contributed by atoms with Gasteiger partial charge in [-0.15, -0.1) is 0 Å². The Morgan fingerprint density at radius 2 is 2.20 bits per heavy atom. The molecular weight excluding hydrogens is 250 g/mol. The molecule has 1 aliphatic heterocycles. The predicted molar refractivity (Wildman–Crippen MR) is 74.2 cm³/mol. The van der Waals surface area contributed by atoms with Crippen LogP contribution in [0.1, 0.15) is 9.68 Å². The van der Waals surface area contributed by atoms with E-state index in [0.29, 0.717) is 17.9 Å². The van der Waals surface area contributed by atoms with Gasteiger partial charge in [-0.3, -0.25) is 0 Å². The fourth-order valence-corrected chi connectivity index (χ4v) is 3.09. The number of hydrogen-bond donors (Lipinski definition) is 0. The molecule has 96 valence electrons. The molecule has 0 N–H and O–H groups in total. The van der Waals surface area contributed by atoms with E-state index in [2.05, 4.69) is 10.1 Å². The molecule has 5 heteroatoms. The molecule has 0 saturated heterocycles. The normalized spacial score (nSPS) is 15.9. The monoisotopic (exact) mass is 265 g/mol. The maximum atomic E-state index is 7.98. The van der Waals surface area contributed by atoms with E-state index >= 15 is 0 Å². The summed E-state index contributed by atoms with van der Waals surface area (Å²) < 4.78 is 29.1. The summed E-state index contributed by atoms with van der Waals surface area (Å²) in [5.74, 6) is 0.636. The Balaban J connectivity index is 2.01. The summed E-state index contributed by atoms with van der Waals surface area (Å²) in [4.78, 5) is 4.42. The van der Waals surface area contributed by atoms with E-state index in [1.54, 1.807) is 23.1 Å². The van der Waals surface area contributed by atoms with Crippen LogP contribution in [0.4, 0.5) is 0 Å². The van der Waals surface area contributed by atoms with Gasteiger partial charge in [-0.2, -0.15) is 5.10 Å².